The van der Waals surface area contributed by atoms with E-state index in [1.807, 2.05) is 7.11 Å². The van der Waals surface area contributed by atoms with Gasteiger partial charge >= 0.3 is 0 Å². The maximum Gasteiger partial charge on any atom is 0.0572 e. The van der Waals surface area contributed by atoms with Crippen molar-refractivity contribution in [3.63, 3.8) is 0 Å². The highest BCUT2D eigenvalue weighted by molar-refractivity contribution is 5.07. The molecular weight excluding hydrogens is 198 g/mol. The Kier molecular flexibility index (Phi) is 4.86. The lowest BCUT2D eigenvalue weighted by molar-refractivity contribution is 0.0626. The summed E-state index contributed by atoms with van der Waals surface area (Å²) in [5.74, 6) is 0. The third kappa shape index (κ3) is 3.60. The van der Waals surface area contributed by atoms with Crippen molar-refractivity contribution < 1.29 is 4.74 Å². The van der Waals surface area contributed by atoms with Crippen molar-refractivity contribution in [1.82, 2.24) is 5.32 Å². The number of ether oxygens (including phenoxy) is 1. The Bertz CT molecular complexity index is 229. The SMILES string of the molecule is COC1CCC(NCCC2=CCCC2)CC1. The summed E-state index contributed by atoms with van der Waals surface area (Å²) < 4.78 is 5.39. The fraction of sp³-hybridized carbons (Fsp3) is 0.857. The van der Waals surface area contributed by atoms with Gasteiger partial charge in [-0.3, -0.25) is 0 Å². The molecule has 0 heterocycles. The van der Waals surface area contributed by atoms with Crippen molar-refractivity contribution in [3.05, 3.63) is 11.6 Å². The van der Waals surface area contributed by atoms with Gasteiger partial charge in [-0.25, -0.2) is 0 Å². The monoisotopic (exact) mass is 223 g/mol. The quantitative estimate of drug-likeness (QED) is 0.723. The molecule has 2 aliphatic rings. The summed E-state index contributed by atoms with van der Waals surface area (Å²) in [4.78, 5) is 0. The molecule has 0 aliphatic heterocycles. The number of nitrogens with one attached hydrogen (secondary N) is 1. The topological polar surface area (TPSA) is 21.3 Å². The van der Waals surface area contributed by atoms with Crippen molar-refractivity contribution in [2.45, 2.75) is 63.5 Å². The standard InChI is InChI=1S/C14H25NO/c1-16-14-8-6-13(7-9-14)15-11-10-12-4-2-3-5-12/h4,13-15H,2-3,5-11H2,1H3. The molecule has 1 saturated carbocycles. The van der Waals surface area contributed by atoms with E-state index in [0.717, 1.165) is 6.04 Å². The van der Waals surface area contributed by atoms with Gasteiger partial charge in [0.1, 0.15) is 0 Å². The first kappa shape index (κ1) is 12.1. The van der Waals surface area contributed by atoms with Gasteiger partial charge in [0, 0.05) is 13.2 Å². The number of hydrogen-bond acceptors (Lipinski definition) is 2. The van der Waals surface area contributed by atoms with Crippen LogP contribution in [0.4, 0.5) is 0 Å². The summed E-state index contributed by atoms with van der Waals surface area (Å²) in [6.07, 6.45) is 13.3. The van der Waals surface area contributed by atoms with E-state index >= 15 is 0 Å². The molecule has 0 radical (unpaired) electrons. The number of methoxy groups -OCH3 is 1. The van der Waals surface area contributed by atoms with Crippen molar-refractivity contribution >= 4 is 0 Å². The van der Waals surface area contributed by atoms with E-state index in [9.17, 15) is 0 Å². The Morgan fingerprint density at radius 2 is 2.12 bits per heavy atom. The molecule has 2 nitrogen and oxygen atoms in total. The number of hydrogen-bond donors (Lipinski definition) is 1. The molecule has 0 unspecified atom stereocenters. The van der Waals surface area contributed by atoms with Crippen LogP contribution in [-0.2, 0) is 4.74 Å². The lowest BCUT2D eigenvalue weighted by Crippen LogP contribution is -2.35. The van der Waals surface area contributed by atoms with E-state index in [4.69, 9.17) is 4.74 Å². The van der Waals surface area contributed by atoms with Crippen LogP contribution < -0.4 is 5.32 Å². The van der Waals surface area contributed by atoms with Gasteiger partial charge in [-0.1, -0.05) is 11.6 Å². The first-order valence-electron chi connectivity index (χ1n) is 6.82. The highest BCUT2D eigenvalue weighted by Gasteiger charge is 2.20. The van der Waals surface area contributed by atoms with Gasteiger partial charge < -0.3 is 10.1 Å². The molecule has 0 aromatic rings. The highest BCUT2D eigenvalue weighted by Crippen LogP contribution is 2.22. The van der Waals surface area contributed by atoms with Gasteiger partial charge in [-0.15, -0.1) is 0 Å². The van der Waals surface area contributed by atoms with Crippen LogP contribution >= 0.6 is 0 Å². The summed E-state index contributed by atoms with van der Waals surface area (Å²) >= 11 is 0. The van der Waals surface area contributed by atoms with Crippen LogP contribution in [0.2, 0.25) is 0 Å². The zero-order valence-corrected chi connectivity index (χ0v) is 10.5. The van der Waals surface area contributed by atoms with Gasteiger partial charge in [0.15, 0.2) is 0 Å². The van der Waals surface area contributed by atoms with Gasteiger partial charge in [0.2, 0.25) is 0 Å². The first-order chi connectivity index (χ1) is 7.88. The van der Waals surface area contributed by atoms with E-state index in [2.05, 4.69) is 11.4 Å². The normalized spacial score (nSPS) is 30.4. The predicted octanol–water partition coefficient (Wildman–Crippen LogP) is 3.03. The number of allylic oxidation sites excluding steroid dienone is 1. The Labute approximate surface area is 99.4 Å². The second kappa shape index (κ2) is 6.41. The molecule has 2 aliphatic carbocycles. The molecule has 0 atom stereocenters. The van der Waals surface area contributed by atoms with Crippen LogP contribution in [0.25, 0.3) is 0 Å². The minimum Gasteiger partial charge on any atom is -0.381 e. The van der Waals surface area contributed by atoms with E-state index < -0.39 is 0 Å². The van der Waals surface area contributed by atoms with Crippen molar-refractivity contribution in [1.29, 1.82) is 0 Å². The van der Waals surface area contributed by atoms with Gasteiger partial charge in [0.25, 0.3) is 0 Å². The maximum absolute atomic E-state index is 5.39. The first-order valence-corrected chi connectivity index (χ1v) is 6.82. The van der Waals surface area contributed by atoms with Crippen LogP contribution in [0.5, 0.6) is 0 Å². The minimum absolute atomic E-state index is 0.524. The second-order valence-electron chi connectivity index (χ2n) is 5.17. The third-order valence-electron chi connectivity index (χ3n) is 4.02. The Morgan fingerprint density at radius 3 is 2.75 bits per heavy atom. The molecule has 0 saturated heterocycles. The molecule has 1 fully saturated rings. The summed E-state index contributed by atoms with van der Waals surface area (Å²) in [5.41, 5.74) is 1.68. The van der Waals surface area contributed by atoms with Gasteiger partial charge in [-0.05, 0) is 57.9 Å². The summed E-state index contributed by atoms with van der Waals surface area (Å²) in [6, 6.07) is 0.744. The van der Waals surface area contributed by atoms with Crippen molar-refractivity contribution in [3.8, 4) is 0 Å². The van der Waals surface area contributed by atoms with Crippen LogP contribution in [-0.4, -0.2) is 25.8 Å². The molecule has 0 amide bonds. The fourth-order valence-corrected chi connectivity index (χ4v) is 2.90. The average Bonchev–Trinajstić information content (AvgIpc) is 2.83. The molecule has 1 N–H and O–H groups in total. The lowest BCUT2D eigenvalue weighted by Gasteiger charge is -2.28. The average molecular weight is 223 g/mol. The molecular formula is C14H25NO. The molecule has 0 spiro atoms. The zero-order chi connectivity index (χ0) is 11.2. The van der Waals surface area contributed by atoms with Crippen molar-refractivity contribution in [2.75, 3.05) is 13.7 Å². The van der Waals surface area contributed by atoms with Crippen LogP contribution in [0, 0.1) is 0 Å². The molecule has 16 heavy (non-hydrogen) atoms. The maximum atomic E-state index is 5.39. The van der Waals surface area contributed by atoms with E-state index in [1.165, 1.54) is 57.9 Å². The second-order valence-corrected chi connectivity index (χ2v) is 5.17. The molecule has 0 bridgehead atoms. The van der Waals surface area contributed by atoms with E-state index in [-0.39, 0.29) is 0 Å². The predicted molar refractivity (Wildman–Crippen MR) is 67.6 cm³/mol. The smallest absolute Gasteiger partial charge is 0.0572 e. The Hall–Kier alpha value is -0.340. The number of rotatable bonds is 5. The zero-order valence-electron chi connectivity index (χ0n) is 10.5. The lowest BCUT2D eigenvalue weighted by atomic mass is 9.93. The summed E-state index contributed by atoms with van der Waals surface area (Å²) in [7, 11) is 1.84. The highest BCUT2D eigenvalue weighted by atomic mass is 16.5. The Balaban J connectivity index is 1.56. The Morgan fingerprint density at radius 1 is 1.31 bits per heavy atom. The molecule has 2 rings (SSSR count). The molecule has 0 aromatic heterocycles. The van der Waals surface area contributed by atoms with Gasteiger partial charge in [-0.2, -0.15) is 0 Å². The molecule has 0 aromatic carbocycles. The molecule has 92 valence electrons. The van der Waals surface area contributed by atoms with Crippen LogP contribution in [0.3, 0.4) is 0 Å². The van der Waals surface area contributed by atoms with Crippen LogP contribution in [0.15, 0.2) is 11.6 Å². The summed E-state index contributed by atoms with van der Waals surface area (Å²) in [6.45, 7) is 1.17. The fourth-order valence-electron chi connectivity index (χ4n) is 2.90. The van der Waals surface area contributed by atoms with E-state index in [0.29, 0.717) is 6.10 Å². The summed E-state index contributed by atoms with van der Waals surface area (Å²) in [5, 5.41) is 3.70. The van der Waals surface area contributed by atoms with Crippen LogP contribution in [0.1, 0.15) is 51.4 Å². The van der Waals surface area contributed by atoms with Crippen molar-refractivity contribution in [2.24, 2.45) is 0 Å². The third-order valence-corrected chi connectivity index (χ3v) is 4.02. The minimum atomic E-state index is 0.524. The largest absolute Gasteiger partial charge is 0.381 e. The van der Waals surface area contributed by atoms with Gasteiger partial charge in [0.05, 0.1) is 6.10 Å². The van der Waals surface area contributed by atoms with E-state index in [1.54, 1.807) is 5.57 Å². The molecule has 2 heteroatoms.